The highest BCUT2D eigenvalue weighted by atomic mass is 35.5. The van der Waals surface area contributed by atoms with Crippen LogP contribution >= 0.6 is 11.6 Å². The molecule has 0 saturated carbocycles. The van der Waals surface area contributed by atoms with Crippen LogP contribution in [0.3, 0.4) is 0 Å². The van der Waals surface area contributed by atoms with E-state index in [1.54, 1.807) is 53.1 Å². The van der Waals surface area contributed by atoms with E-state index in [2.05, 4.69) is 30.4 Å². The fraction of sp³-hybridized carbons (Fsp3) is 0.0417. The third kappa shape index (κ3) is 4.99. The molecule has 37 heavy (non-hydrogen) atoms. The van der Waals surface area contributed by atoms with Gasteiger partial charge >= 0.3 is 0 Å². The average molecular weight is 531 g/mol. The summed E-state index contributed by atoms with van der Waals surface area (Å²) in [6.07, 6.45) is 7.04. The normalized spacial score (nSPS) is 11.6. The molecule has 0 bridgehead atoms. The Labute approximate surface area is 215 Å². The van der Waals surface area contributed by atoms with Gasteiger partial charge in [-0.05, 0) is 42.5 Å². The van der Waals surface area contributed by atoms with Gasteiger partial charge in [-0.2, -0.15) is 5.26 Å². The molecule has 11 nitrogen and oxygen atoms in total. The third-order valence-corrected chi connectivity index (χ3v) is 6.53. The monoisotopic (exact) mass is 530 g/mol. The predicted molar refractivity (Wildman–Crippen MR) is 134 cm³/mol. The summed E-state index contributed by atoms with van der Waals surface area (Å²) in [7, 11) is -3.41. The highest BCUT2D eigenvalue weighted by molar-refractivity contribution is 7.90. The van der Waals surface area contributed by atoms with E-state index >= 15 is 0 Å². The Kier molecular flexibility index (Phi) is 6.31. The van der Waals surface area contributed by atoms with E-state index in [1.807, 2.05) is 12.1 Å². The van der Waals surface area contributed by atoms with Gasteiger partial charge in [-0.15, -0.1) is 20.4 Å². The fourth-order valence-corrected chi connectivity index (χ4v) is 4.14. The van der Waals surface area contributed by atoms with Crippen LogP contribution in [-0.4, -0.2) is 49.6 Å². The van der Waals surface area contributed by atoms with Gasteiger partial charge in [0.15, 0.2) is 21.5 Å². The second kappa shape index (κ2) is 9.73. The lowest BCUT2D eigenvalue weighted by Crippen LogP contribution is -2.03. The van der Waals surface area contributed by atoms with Gasteiger partial charge in [0.25, 0.3) is 0 Å². The van der Waals surface area contributed by atoms with Crippen LogP contribution in [0.2, 0.25) is 5.02 Å². The first-order chi connectivity index (χ1) is 17.8. The minimum absolute atomic E-state index is 0.0865. The van der Waals surface area contributed by atoms with Gasteiger partial charge in [0.2, 0.25) is 11.8 Å². The molecule has 13 heteroatoms. The Bertz CT molecular complexity index is 1790. The van der Waals surface area contributed by atoms with Crippen LogP contribution in [-0.2, 0) is 9.84 Å². The lowest BCUT2D eigenvalue weighted by Gasteiger charge is -2.10. The molecule has 182 valence electrons. The number of para-hydroxylation sites is 1. The van der Waals surface area contributed by atoms with Crippen LogP contribution < -0.4 is 0 Å². The molecule has 0 spiro atoms. The molecule has 0 aliphatic carbocycles. The number of aromatic nitrogens is 7. The molecule has 0 unspecified atom stereocenters. The number of pyridine rings is 2. The molecule has 0 atom stereocenters. The number of rotatable bonds is 6. The van der Waals surface area contributed by atoms with Gasteiger partial charge in [-0.3, -0.25) is 9.55 Å². The van der Waals surface area contributed by atoms with Crippen molar-refractivity contribution in [1.82, 2.24) is 34.9 Å². The topological polar surface area (TPSA) is 153 Å². The van der Waals surface area contributed by atoms with Crippen LogP contribution in [0.5, 0.6) is 0 Å². The Hall–Kier alpha value is -4.73. The summed E-state index contributed by atoms with van der Waals surface area (Å²) in [5.74, 6) is 1.14. The average Bonchev–Trinajstić information content (AvgIpc) is 3.55. The summed E-state index contributed by atoms with van der Waals surface area (Å²) in [5.41, 5.74) is 1.77. The smallest absolute Gasteiger partial charge is 0.248 e. The van der Waals surface area contributed by atoms with Crippen molar-refractivity contribution in [3.05, 3.63) is 83.4 Å². The number of nitriles is 1. The minimum atomic E-state index is -3.41. The van der Waals surface area contributed by atoms with E-state index in [0.717, 1.165) is 6.26 Å². The molecule has 4 heterocycles. The van der Waals surface area contributed by atoms with Gasteiger partial charge in [-0.1, -0.05) is 23.7 Å². The molecular formula is C24H15ClN8O3S. The van der Waals surface area contributed by atoms with E-state index < -0.39 is 9.84 Å². The second-order valence-electron chi connectivity index (χ2n) is 7.64. The van der Waals surface area contributed by atoms with Crippen molar-refractivity contribution in [2.45, 2.75) is 4.90 Å². The van der Waals surface area contributed by atoms with Crippen LogP contribution in [0, 0.1) is 11.3 Å². The van der Waals surface area contributed by atoms with Crippen molar-refractivity contribution in [3.63, 3.8) is 0 Å². The summed E-state index contributed by atoms with van der Waals surface area (Å²) in [4.78, 5) is 8.29. The standard InChI is InChI=1S/C24H15ClN8O3S/c1-37(34,35)17-6-7-19(28-14-17)23-31-29-21(33(23)20-5-3-2-4-18(20)25)8-9-22-30-32-24(36-22)15-10-11-27-16(12-15)13-26/h2-12,14H,1H3/b9-8+. The van der Waals surface area contributed by atoms with E-state index in [9.17, 15) is 8.42 Å². The Balaban J connectivity index is 1.54. The molecule has 1 aromatic carbocycles. The van der Waals surface area contributed by atoms with Crippen molar-refractivity contribution < 1.29 is 12.8 Å². The van der Waals surface area contributed by atoms with Crippen LogP contribution in [0.25, 0.3) is 40.8 Å². The lowest BCUT2D eigenvalue weighted by molar-refractivity contribution is 0.557. The molecule has 0 aliphatic heterocycles. The predicted octanol–water partition coefficient (Wildman–Crippen LogP) is 3.87. The molecule has 0 amide bonds. The van der Waals surface area contributed by atoms with Crippen molar-refractivity contribution in [3.8, 4) is 34.7 Å². The Morgan fingerprint density at radius 1 is 1.03 bits per heavy atom. The molecule has 0 N–H and O–H groups in total. The lowest BCUT2D eigenvalue weighted by atomic mass is 10.2. The molecule has 0 saturated heterocycles. The van der Waals surface area contributed by atoms with Gasteiger partial charge in [-0.25, -0.2) is 13.4 Å². The van der Waals surface area contributed by atoms with Gasteiger partial charge in [0.05, 0.1) is 15.6 Å². The quantitative estimate of drug-likeness (QED) is 0.316. The van der Waals surface area contributed by atoms with E-state index in [0.29, 0.717) is 33.6 Å². The number of sulfone groups is 1. The fourth-order valence-electron chi connectivity index (χ4n) is 3.36. The molecule has 5 rings (SSSR count). The van der Waals surface area contributed by atoms with Crippen molar-refractivity contribution in [2.24, 2.45) is 0 Å². The Morgan fingerprint density at radius 3 is 2.59 bits per heavy atom. The number of hydrogen-bond acceptors (Lipinski definition) is 10. The maximum Gasteiger partial charge on any atom is 0.248 e. The summed E-state index contributed by atoms with van der Waals surface area (Å²) in [5, 5.41) is 26.1. The summed E-state index contributed by atoms with van der Waals surface area (Å²) in [6.45, 7) is 0. The van der Waals surface area contributed by atoms with E-state index in [4.69, 9.17) is 21.3 Å². The maximum atomic E-state index is 11.8. The highest BCUT2D eigenvalue weighted by Crippen LogP contribution is 2.28. The van der Waals surface area contributed by atoms with Crippen LogP contribution in [0.15, 0.2) is 70.2 Å². The zero-order chi connectivity index (χ0) is 26.0. The molecule has 0 fully saturated rings. The molecule has 4 aromatic heterocycles. The first-order valence-corrected chi connectivity index (χ1v) is 12.9. The molecule has 5 aromatic rings. The zero-order valence-electron chi connectivity index (χ0n) is 19.0. The van der Waals surface area contributed by atoms with E-state index in [-0.39, 0.29) is 22.4 Å². The largest absolute Gasteiger partial charge is 0.417 e. The SMILES string of the molecule is CS(=O)(=O)c1ccc(-c2nnc(/C=C/c3nnc(-c4ccnc(C#N)c4)o3)n2-c2ccccc2Cl)nc1. The van der Waals surface area contributed by atoms with Gasteiger partial charge in [0, 0.05) is 30.3 Å². The summed E-state index contributed by atoms with van der Waals surface area (Å²) >= 11 is 6.48. The summed E-state index contributed by atoms with van der Waals surface area (Å²) < 4.78 is 31.0. The summed E-state index contributed by atoms with van der Waals surface area (Å²) in [6, 6.07) is 15.3. The number of hydrogen-bond donors (Lipinski definition) is 0. The minimum Gasteiger partial charge on any atom is -0.417 e. The first kappa shape index (κ1) is 24.0. The van der Waals surface area contributed by atoms with Crippen molar-refractivity contribution >= 4 is 33.6 Å². The maximum absolute atomic E-state index is 11.8. The highest BCUT2D eigenvalue weighted by Gasteiger charge is 2.18. The molecule has 0 aliphatic rings. The second-order valence-corrected chi connectivity index (χ2v) is 10.1. The van der Waals surface area contributed by atoms with Crippen molar-refractivity contribution in [1.29, 1.82) is 5.26 Å². The molecular weight excluding hydrogens is 516 g/mol. The van der Waals surface area contributed by atoms with Gasteiger partial charge < -0.3 is 4.42 Å². The van der Waals surface area contributed by atoms with Crippen LogP contribution in [0.4, 0.5) is 0 Å². The number of benzene rings is 1. The third-order valence-electron chi connectivity index (χ3n) is 5.11. The first-order valence-electron chi connectivity index (χ1n) is 10.6. The number of halogens is 1. The van der Waals surface area contributed by atoms with Gasteiger partial charge in [0.1, 0.15) is 17.5 Å². The van der Waals surface area contributed by atoms with Crippen molar-refractivity contribution in [2.75, 3.05) is 6.26 Å². The number of nitrogens with zero attached hydrogens (tertiary/aromatic N) is 8. The zero-order valence-corrected chi connectivity index (χ0v) is 20.6. The van der Waals surface area contributed by atoms with E-state index in [1.165, 1.54) is 18.5 Å². The molecule has 0 radical (unpaired) electrons. The van der Waals surface area contributed by atoms with Crippen LogP contribution in [0.1, 0.15) is 17.4 Å². The Morgan fingerprint density at radius 2 is 1.86 bits per heavy atom.